The number of imide groups is 1. The van der Waals surface area contributed by atoms with Crippen molar-refractivity contribution in [3.63, 3.8) is 0 Å². The average Bonchev–Trinajstić information content (AvgIpc) is 3.68. The molecule has 0 radical (unpaired) electrons. The number of nitrogens with zero attached hydrogens (tertiary/aromatic N) is 5. The third kappa shape index (κ3) is 6.56. The third-order valence-corrected chi connectivity index (χ3v) is 11.1. The van der Waals surface area contributed by atoms with Gasteiger partial charge in [0, 0.05) is 37.6 Å². The molecule has 2 atom stereocenters. The van der Waals surface area contributed by atoms with Gasteiger partial charge in [-0.25, -0.2) is 24.0 Å². The number of nitrogens with one attached hydrogen (secondary N) is 2. The molecule has 16 heteroatoms. The van der Waals surface area contributed by atoms with Gasteiger partial charge in [-0.05, 0) is 72.6 Å². The number of carbonyl (C=O) groups is 5. The number of fused-ring (bicyclic) bond motifs is 1. The van der Waals surface area contributed by atoms with Gasteiger partial charge in [0.1, 0.15) is 24.3 Å². The predicted molar refractivity (Wildman–Crippen MR) is 197 cm³/mol. The molecule has 0 bridgehead atoms. The summed E-state index contributed by atoms with van der Waals surface area (Å²) in [6.45, 7) is 4.30. The van der Waals surface area contributed by atoms with E-state index >= 15 is 0 Å². The van der Waals surface area contributed by atoms with Crippen LogP contribution in [0.5, 0.6) is 11.5 Å². The normalized spacial score (nSPS) is 20.4. The number of H-pyrrole nitrogens is 1. The van der Waals surface area contributed by atoms with Crippen LogP contribution in [0.25, 0.3) is 17.1 Å². The first-order valence-corrected chi connectivity index (χ1v) is 18.2. The Morgan fingerprint density at radius 3 is 2.38 bits per heavy atom. The number of quaternary nitrogens is 1. The molecule has 4 heterocycles. The number of rotatable bonds is 10. The van der Waals surface area contributed by atoms with Crippen molar-refractivity contribution in [1.29, 1.82) is 0 Å². The molecule has 2 unspecified atom stereocenters. The molecule has 55 heavy (non-hydrogen) atoms. The maximum atomic E-state index is 14.5. The van der Waals surface area contributed by atoms with Crippen molar-refractivity contribution >= 4 is 35.8 Å². The first kappa shape index (κ1) is 37.2. The van der Waals surface area contributed by atoms with Crippen LogP contribution in [0.1, 0.15) is 72.5 Å². The molecule has 4 aromatic rings. The van der Waals surface area contributed by atoms with Crippen LogP contribution >= 0.6 is 0 Å². The number of aldehydes is 1. The summed E-state index contributed by atoms with van der Waals surface area (Å²) in [7, 11) is 0. The van der Waals surface area contributed by atoms with E-state index in [0.29, 0.717) is 61.0 Å². The minimum Gasteiger partial charge on any atom is -0.508 e. The van der Waals surface area contributed by atoms with E-state index in [-0.39, 0.29) is 65.7 Å². The number of phenolic OH excluding ortho intramolecular Hbond substituents is 2. The monoisotopic (exact) mass is 752 g/mol. The Balaban J connectivity index is 1.11. The highest BCUT2D eigenvalue weighted by molar-refractivity contribution is 6.03. The van der Waals surface area contributed by atoms with Crippen LogP contribution in [-0.4, -0.2) is 95.5 Å². The second-order valence-corrected chi connectivity index (χ2v) is 14.7. The van der Waals surface area contributed by atoms with Crippen LogP contribution in [0.15, 0.2) is 59.4 Å². The lowest BCUT2D eigenvalue weighted by Gasteiger charge is -2.48. The summed E-state index contributed by atoms with van der Waals surface area (Å²) in [5.74, 6) is -1.22. The summed E-state index contributed by atoms with van der Waals surface area (Å²) in [6, 6.07) is 14.2. The van der Waals surface area contributed by atoms with Gasteiger partial charge in [0.2, 0.25) is 5.91 Å². The fraction of sp³-hybridized carbons (Fsp3) is 0.359. The summed E-state index contributed by atoms with van der Waals surface area (Å²) in [6.07, 6.45) is 1.41. The number of piperidine rings is 2. The van der Waals surface area contributed by atoms with Crippen molar-refractivity contribution < 1.29 is 43.9 Å². The van der Waals surface area contributed by atoms with E-state index in [2.05, 4.69) is 15.5 Å². The molecular weight excluding hydrogens is 710 g/mol. The van der Waals surface area contributed by atoms with E-state index in [4.69, 9.17) is 0 Å². The lowest BCUT2D eigenvalue weighted by molar-refractivity contribution is -0.988. The fourth-order valence-electron chi connectivity index (χ4n) is 8.38. The van der Waals surface area contributed by atoms with Crippen molar-refractivity contribution in [2.45, 2.75) is 64.5 Å². The smallest absolute Gasteiger partial charge is 0.412 e. The van der Waals surface area contributed by atoms with Gasteiger partial charge in [0.15, 0.2) is 11.9 Å². The first-order valence-electron chi connectivity index (χ1n) is 18.2. The lowest BCUT2D eigenvalue weighted by atomic mass is 9.90. The van der Waals surface area contributed by atoms with Crippen molar-refractivity contribution in [3.05, 3.63) is 87.3 Å². The van der Waals surface area contributed by atoms with E-state index in [0.717, 1.165) is 10.5 Å². The Kier molecular flexibility index (Phi) is 9.87. The van der Waals surface area contributed by atoms with Crippen molar-refractivity contribution in [1.82, 2.24) is 25.1 Å². The number of anilines is 1. The second kappa shape index (κ2) is 14.6. The van der Waals surface area contributed by atoms with Gasteiger partial charge in [-0.1, -0.05) is 32.0 Å². The number of aromatic amines is 1. The number of phenols is 2. The molecule has 3 aliphatic heterocycles. The minimum absolute atomic E-state index is 0.00144. The Morgan fingerprint density at radius 1 is 1.00 bits per heavy atom. The highest BCUT2D eigenvalue weighted by atomic mass is 16.4. The van der Waals surface area contributed by atoms with E-state index in [1.54, 1.807) is 36.4 Å². The van der Waals surface area contributed by atoms with Crippen LogP contribution in [0.2, 0.25) is 0 Å². The van der Waals surface area contributed by atoms with Crippen LogP contribution in [0, 0.1) is 5.92 Å². The molecule has 3 aliphatic rings. The molecule has 286 valence electrons. The van der Waals surface area contributed by atoms with Gasteiger partial charge in [-0.3, -0.25) is 19.8 Å². The number of aromatic nitrogens is 3. The second-order valence-electron chi connectivity index (χ2n) is 14.7. The fourth-order valence-corrected chi connectivity index (χ4v) is 8.38. The average molecular weight is 753 g/mol. The summed E-state index contributed by atoms with van der Waals surface area (Å²) < 4.78 is 0.972. The lowest BCUT2D eigenvalue weighted by Crippen LogP contribution is -2.71. The van der Waals surface area contributed by atoms with Crippen molar-refractivity contribution in [3.8, 4) is 28.6 Å². The standard InChI is InChI=1S/C39H41N7O9/c1-22(2)27-19-28(33(49)20-32(27)48)35-41-42-38(53)45(35)25-8-6-23(7-9-25)18-24-12-14-43(15-13-24)46(31-10-11-34(50)40-36(31)51)21-29-26(37(46)52)4-3-5-30(29)44(16-17-47)39(54)55/h3-9,17,19-20,22,24,31H,10-16,18,21H2,1-2H3,(H4-,40,41,42,48,49,50,51,53,54,55)/p+1. The van der Waals surface area contributed by atoms with Gasteiger partial charge < -0.3 is 20.1 Å². The maximum Gasteiger partial charge on any atom is 0.412 e. The first-order chi connectivity index (χ1) is 26.3. The molecule has 5 N–H and O–H groups in total. The molecule has 0 aliphatic carbocycles. The van der Waals surface area contributed by atoms with Gasteiger partial charge >= 0.3 is 17.7 Å². The summed E-state index contributed by atoms with van der Waals surface area (Å²) in [4.78, 5) is 77.6. The van der Waals surface area contributed by atoms with Gasteiger partial charge in [-0.2, -0.15) is 9.69 Å². The summed E-state index contributed by atoms with van der Waals surface area (Å²) in [5, 5.41) is 41.9. The SMILES string of the molecule is CC(C)c1cc(-c2n[nH]c(=O)n2-c2ccc(CC3CCN([N+]4(C5CCC(=O)NC5=O)Cc5c(cccc5N(CC=O)C(=O)O)C4=O)CC3)cc2)c(O)cc1O. The minimum atomic E-state index is -1.35. The maximum absolute atomic E-state index is 14.5. The number of carbonyl (C=O) groups excluding carboxylic acids is 4. The van der Waals surface area contributed by atoms with Crippen LogP contribution in [0.4, 0.5) is 10.5 Å². The molecule has 16 nitrogen and oxygen atoms in total. The van der Waals surface area contributed by atoms with Crippen molar-refractivity contribution in [2.75, 3.05) is 24.5 Å². The predicted octanol–water partition coefficient (Wildman–Crippen LogP) is 3.59. The van der Waals surface area contributed by atoms with Crippen LogP contribution < -0.4 is 15.9 Å². The van der Waals surface area contributed by atoms with E-state index in [1.165, 1.54) is 10.6 Å². The Morgan fingerprint density at radius 2 is 1.73 bits per heavy atom. The van der Waals surface area contributed by atoms with Gasteiger partial charge in [-0.15, -0.1) is 5.01 Å². The number of hydrogen-bond acceptors (Lipinski definition) is 10. The molecule has 4 amide bonds. The molecule has 0 spiro atoms. The molecule has 2 fully saturated rings. The summed E-state index contributed by atoms with van der Waals surface area (Å²) in [5.41, 5.74) is 2.87. The molecule has 1 aromatic heterocycles. The van der Waals surface area contributed by atoms with Gasteiger partial charge in [0.05, 0.1) is 29.0 Å². The van der Waals surface area contributed by atoms with Gasteiger partial charge in [0.25, 0.3) is 5.91 Å². The highest BCUT2D eigenvalue weighted by Gasteiger charge is 2.60. The molecule has 2 saturated heterocycles. The number of amides is 4. The van der Waals surface area contributed by atoms with Crippen LogP contribution in [-0.2, 0) is 27.3 Å². The Bertz CT molecular complexity index is 2260. The summed E-state index contributed by atoms with van der Waals surface area (Å²) >= 11 is 0. The van der Waals surface area contributed by atoms with E-state index in [1.807, 2.05) is 31.0 Å². The topological polar surface area (TPSA) is 215 Å². The Hall–Kier alpha value is -6.13. The van der Waals surface area contributed by atoms with Crippen LogP contribution in [0.3, 0.4) is 0 Å². The molecule has 7 rings (SSSR count). The quantitative estimate of drug-likeness (QED) is 0.0897. The number of aromatic hydroxyl groups is 2. The highest BCUT2D eigenvalue weighted by Crippen LogP contribution is 2.43. The zero-order chi connectivity index (χ0) is 39.2. The number of hydrogen-bond donors (Lipinski definition) is 5. The number of benzene rings is 3. The van der Waals surface area contributed by atoms with Crippen molar-refractivity contribution in [2.24, 2.45) is 5.92 Å². The zero-order valence-electron chi connectivity index (χ0n) is 30.4. The Labute approximate surface area is 315 Å². The third-order valence-electron chi connectivity index (χ3n) is 11.1. The molecule has 3 aromatic carbocycles. The zero-order valence-corrected chi connectivity index (χ0v) is 30.4. The molecule has 0 saturated carbocycles. The number of carboxylic acid groups (broad SMARTS) is 1. The molecular formula is C39H42N7O9+. The largest absolute Gasteiger partial charge is 0.508 e. The van der Waals surface area contributed by atoms with E-state index in [9.17, 15) is 44.1 Å². The van der Waals surface area contributed by atoms with E-state index < -0.39 is 40.8 Å².